The molecule has 0 unspecified atom stereocenters. The van der Waals surface area contributed by atoms with Gasteiger partial charge in [-0.2, -0.15) is 26.3 Å². The molecule has 0 spiro atoms. The maximum Gasteiger partial charge on any atom is 0.417 e. The van der Waals surface area contributed by atoms with E-state index in [0.717, 1.165) is 0 Å². The molecular formula is C10H5F6IO2. The summed E-state index contributed by atoms with van der Waals surface area (Å²) < 4.78 is 75.7. The highest BCUT2D eigenvalue weighted by atomic mass is 127. The molecule has 1 N–H and O–H groups in total. The van der Waals surface area contributed by atoms with E-state index in [-0.39, 0.29) is 0 Å². The van der Waals surface area contributed by atoms with Crippen molar-refractivity contribution in [1.29, 1.82) is 0 Å². The van der Waals surface area contributed by atoms with Gasteiger partial charge in [-0.15, -0.1) is 0 Å². The van der Waals surface area contributed by atoms with Gasteiger partial charge in [0.05, 0.1) is 17.5 Å². The second-order valence-electron chi connectivity index (χ2n) is 3.51. The van der Waals surface area contributed by atoms with E-state index in [1.807, 2.05) is 0 Å². The van der Waals surface area contributed by atoms with E-state index >= 15 is 0 Å². The molecule has 0 aliphatic heterocycles. The number of rotatable bonds is 2. The highest BCUT2D eigenvalue weighted by molar-refractivity contribution is 14.1. The van der Waals surface area contributed by atoms with Gasteiger partial charge in [0.15, 0.2) is 0 Å². The molecule has 1 aromatic carbocycles. The average molecular weight is 398 g/mol. The first-order valence-corrected chi connectivity index (χ1v) is 5.70. The summed E-state index contributed by atoms with van der Waals surface area (Å²) in [5, 5.41) is 8.50. The number of hydrogen-bond acceptors (Lipinski definition) is 1. The molecular weight excluding hydrogens is 393 g/mol. The molecule has 0 fully saturated rings. The number of carboxylic acids is 1. The summed E-state index contributed by atoms with van der Waals surface area (Å²) in [6, 6.07) is 1.12. The van der Waals surface area contributed by atoms with Crippen LogP contribution in [-0.4, -0.2) is 11.1 Å². The van der Waals surface area contributed by atoms with Crippen LogP contribution in [0.1, 0.15) is 16.7 Å². The summed E-state index contributed by atoms with van der Waals surface area (Å²) in [5.41, 5.74) is -4.40. The van der Waals surface area contributed by atoms with E-state index in [9.17, 15) is 31.1 Å². The van der Waals surface area contributed by atoms with E-state index in [4.69, 9.17) is 5.11 Å². The molecule has 19 heavy (non-hydrogen) atoms. The van der Waals surface area contributed by atoms with Crippen LogP contribution >= 0.6 is 22.6 Å². The predicted molar refractivity (Wildman–Crippen MR) is 60.5 cm³/mol. The minimum Gasteiger partial charge on any atom is -0.481 e. The van der Waals surface area contributed by atoms with Crippen LogP contribution in [0.5, 0.6) is 0 Å². The zero-order valence-electron chi connectivity index (χ0n) is 8.86. The van der Waals surface area contributed by atoms with Crippen molar-refractivity contribution in [3.8, 4) is 0 Å². The highest BCUT2D eigenvalue weighted by Gasteiger charge is 2.42. The van der Waals surface area contributed by atoms with Crippen molar-refractivity contribution in [2.75, 3.05) is 0 Å². The molecule has 0 saturated heterocycles. The molecule has 0 radical (unpaired) electrons. The van der Waals surface area contributed by atoms with Gasteiger partial charge in [-0.1, -0.05) is 0 Å². The lowest BCUT2D eigenvalue weighted by Gasteiger charge is -2.19. The van der Waals surface area contributed by atoms with Crippen molar-refractivity contribution in [2.24, 2.45) is 0 Å². The van der Waals surface area contributed by atoms with Crippen LogP contribution in [-0.2, 0) is 23.6 Å². The van der Waals surface area contributed by atoms with Crippen LogP contribution in [0.25, 0.3) is 0 Å². The van der Waals surface area contributed by atoms with Gasteiger partial charge in [0.1, 0.15) is 0 Å². The zero-order chi connectivity index (χ0) is 15.0. The molecule has 1 aromatic rings. The number of alkyl halides is 6. The van der Waals surface area contributed by atoms with Crippen LogP contribution in [0.4, 0.5) is 26.3 Å². The van der Waals surface area contributed by atoms with Gasteiger partial charge < -0.3 is 5.11 Å². The molecule has 0 bridgehead atoms. The predicted octanol–water partition coefficient (Wildman–Crippen LogP) is 3.96. The van der Waals surface area contributed by atoms with Crippen molar-refractivity contribution in [2.45, 2.75) is 18.8 Å². The van der Waals surface area contributed by atoms with Gasteiger partial charge in [-0.05, 0) is 40.3 Å². The second-order valence-corrected chi connectivity index (χ2v) is 4.68. The first kappa shape index (κ1) is 16.1. The van der Waals surface area contributed by atoms with Crippen LogP contribution in [0.2, 0.25) is 0 Å². The first-order chi connectivity index (χ1) is 8.44. The number of carbonyl (C=O) groups is 1. The lowest BCUT2D eigenvalue weighted by molar-refractivity contribution is -0.145. The van der Waals surface area contributed by atoms with Crippen molar-refractivity contribution < 1.29 is 36.2 Å². The summed E-state index contributed by atoms with van der Waals surface area (Å²) in [4.78, 5) is 10.5. The van der Waals surface area contributed by atoms with Crippen LogP contribution < -0.4 is 0 Å². The maximum absolute atomic E-state index is 12.8. The molecule has 106 valence electrons. The quantitative estimate of drug-likeness (QED) is 0.605. The van der Waals surface area contributed by atoms with Crippen LogP contribution in [0, 0.1) is 3.57 Å². The number of aliphatic carboxylic acids is 1. The third kappa shape index (κ3) is 3.74. The summed E-state index contributed by atoms with van der Waals surface area (Å²) in [6.07, 6.45) is -11.4. The SMILES string of the molecule is O=C(O)Cc1c(C(F)(F)F)ccc(I)c1C(F)(F)F. The third-order valence-electron chi connectivity index (χ3n) is 2.18. The van der Waals surface area contributed by atoms with Gasteiger partial charge in [-0.25, -0.2) is 0 Å². The molecule has 0 aliphatic rings. The average Bonchev–Trinajstić information content (AvgIpc) is 2.11. The zero-order valence-corrected chi connectivity index (χ0v) is 11.0. The molecule has 0 aliphatic carbocycles. The maximum atomic E-state index is 12.8. The van der Waals surface area contributed by atoms with E-state index in [1.54, 1.807) is 0 Å². The molecule has 0 amide bonds. The normalized spacial score (nSPS) is 12.6. The van der Waals surface area contributed by atoms with Crippen LogP contribution in [0.3, 0.4) is 0 Å². The van der Waals surface area contributed by atoms with Gasteiger partial charge >= 0.3 is 18.3 Å². The number of halogens is 7. The molecule has 9 heteroatoms. The van der Waals surface area contributed by atoms with Gasteiger partial charge in [-0.3, -0.25) is 4.79 Å². The van der Waals surface area contributed by atoms with Gasteiger partial charge in [0.25, 0.3) is 0 Å². The fourth-order valence-electron chi connectivity index (χ4n) is 1.53. The summed E-state index contributed by atoms with van der Waals surface area (Å²) in [7, 11) is 0. The van der Waals surface area contributed by atoms with Crippen molar-refractivity contribution in [3.05, 3.63) is 32.4 Å². The summed E-state index contributed by atoms with van der Waals surface area (Å²) in [5.74, 6) is -1.77. The minimum absolute atomic E-state index is 0.454. The second kappa shape index (κ2) is 5.17. The Morgan fingerprint density at radius 2 is 1.63 bits per heavy atom. The molecule has 0 aromatic heterocycles. The van der Waals surface area contributed by atoms with Crippen molar-refractivity contribution >= 4 is 28.6 Å². The lowest BCUT2D eigenvalue weighted by atomic mass is 9.97. The van der Waals surface area contributed by atoms with Crippen LogP contribution in [0.15, 0.2) is 12.1 Å². The minimum atomic E-state index is -5.05. The number of hydrogen-bond donors (Lipinski definition) is 1. The molecule has 0 saturated carbocycles. The fourth-order valence-corrected chi connectivity index (χ4v) is 2.34. The molecule has 2 nitrogen and oxygen atoms in total. The Labute approximate surface area is 116 Å². The van der Waals surface area contributed by atoms with Gasteiger partial charge in [0.2, 0.25) is 0 Å². The summed E-state index contributed by atoms with van der Waals surface area (Å²) in [6.45, 7) is 0. The van der Waals surface area contributed by atoms with Crippen molar-refractivity contribution in [3.63, 3.8) is 0 Å². The number of carboxylic acid groups (broad SMARTS) is 1. The molecule has 0 heterocycles. The summed E-state index contributed by atoms with van der Waals surface area (Å²) >= 11 is 1.22. The Kier molecular flexibility index (Phi) is 4.37. The molecule has 0 atom stereocenters. The lowest BCUT2D eigenvalue weighted by Crippen LogP contribution is -2.20. The molecule has 1 rings (SSSR count). The largest absolute Gasteiger partial charge is 0.481 e. The Balaban J connectivity index is 3.65. The Morgan fingerprint density at radius 3 is 2.00 bits per heavy atom. The van der Waals surface area contributed by atoms with E-state index < -0.39 is 45.0 Å². The standard InChI is InChI=1S/C10H5F6IO2/c11-9(12,13)5-1-2-6(17)8(10(14,15)16)4(5)3-7(18)19/h1-2H,3H2,(H,18,19). The third-order valence-corrected chi connectivity index (χ3v) is 3.08. The topological polar surface area (TPSA) is 37.3 Å². The van der Waals surface area contributed by atoms with Gasteiger partial charge in [0, 0.05) is 3.57 Å². The Morgan fingerprint density at radius 1 is 1.11 bits per heavy atom. The van der Waals surface area contributed by atoms with Crippen molar-refractivity contribution in [1.82, 2.24) is 0 Å². The van der Waals surface area contributed by atoms with E-state index in [1.165, 1.54) is 22.6 Å². The first-order valence-electron chi connectivity index (χ1n) is 4.62. The van der Waals surface area contributed by atoms with E-state index in [0.29, 0.717) is 12.1 Å². The highest BCUT2D eigenvalue weighted by Crippen LogP contribution is 2.41. The Bertz CT molecular complexity index is 506. The fraction of sp³-hybridized carbons (Fsp3) is 0.300. The van der Waals surface area contributed by atoms with E-state index in [2.05, 4.69) is 0 Å². The number of benzene rings is 1. The Hall–Kier alpha value is -1.00. The smallest absolute Gasteiger partial charge is 0.417 e. The monoisotopic (exact) mass is 398 g/mol.